The zero-order valence-electron chi connectivity index (χ0n) is 12.3. The molecule has 0 aromatic carbocycles. The predicted molar refractivity (Wildman–Crippen MR) is 85.8 cm³/mol. The number of rotatable bonds is 5. The van der Waals surface area contributed by atoms with Gasteiger partial charge < -0.3 is 14.8 Å². The number of aromatic amines is 1. The maximum absolute atomic E-state index is 11.9. The lowest BCUT2D eigenvalue weighted by Crippen LogP contribution is -2.37. The fourth-order valence-corrected chi connectivity index (χ4v) is 2.99. The number of aromatic hydroxyl groups is 1. The van der Waals surface area contributed by atoms with Crippen molar-refractivity contribution in [2.75, 3.05) is 38.6 Å². The number of nitrogens with one attached hydrogen (secondary N) is 1. The third kappa shape index (κ3) is 5.18. The van der Waals surface area contributed by atoms with Crippen LogP contribution in [0.15, 0.2) is 9.95 Å². The zero-order chi connectivity index (χ0) is 14.5. The summed E-state index contributed by atoms with van der Waals surface area (Å²) in [6.07, 6.45) is 0. The van der Waals surface area contributed by atoms with Gasteiger partial charge in [0.15, 0.2) is 5.16 Å². The minimum atomic E-state index is -0.249. The number of halogens is 1. The molecule has 0 atom stereocenters. The van der Waals surface area contributed by atoms with Gasteiger partial charge in [-0.3, -0.25) is 9.69 Å². The molecule has 1 aromatic heterocycles. The van der Waals surface area contributed by atoms with Crippen LogP contribution in [0.3, 0.4) is 0 Å². The predicted octanol–water partition coefficient (Wildman–Crippen LogP) is 1.45. The van der Waals surface area contributed by atoms with E-state index in [1.165, 1.54) is 11.8 Å². The van der Waals surface area contributed by atoms with Crippen LogP contribution in [-0.2, 0) is 4.74 Å². The van der Waals surface area contributed by atoms with E-state index >= 15 is 0 Å². The van der Waals surface area contributed by atoms with Crippen LogP contribution in [-0.4, -0.2) is 58.6 Å². The van der Waals surface area contributed by atoms with Crippen LogP contribution >= 0.6 is 24.2 Å². The van der Waals surface area contributed by atoms with Crippen LogP contribution in [0.2, 0.25) is 0 Å². The molecule has 8 heteroatoms. The molecule has 0 spiro atoms. The zero-order valence-corrected chi connectivity index (χ0v) is 13.9. The maximum Gasteiger partial charge on any atom is 0.258 e. The van der Waals surface area contributed by atoms with Crippen molar-refractivity contribution in [3.63, 3.8) is 0 Å². The standard InChI is InChI=1S/C13H21N3O3S.ClH/c1-9(2)10-11(17)14-13(15-12(10)18)20-8-5-16-3-6-19-7-4-16;/h9H,3-8H2,1-2H3,(H2,14,15,17,18);1H. The Morgan fingerprint density at radius 3 is 2.67 bits per heavy atom. The molecule has 0 bridgehead atoms. The molecular formula is C13H22ClN3O3S. The number of nitrogens with zero attached hydrogens (tertiary/aromatic N) is 2. The van der Waals surface area contributed by atoms with E-state index in [1.807, 2.05) is 13.8 Å². The highest BCUT2D eigenvalue weighted by Gasteiger charge is 2.15. The molecule has 21 heavy (non-hydrogen) atoms. The van der Waals surface area contributed by atoms with E-state index in [0.717, 1.165) is 38.6 Å². The van der Waals surface area contributed by atoms with Gasteiger partial charge in [-0.25, -0.2) is 0 Å². The van der Waals surface area contributed by atoms with E-state index in [9.17, 15) is 9.90 Å². The Morgan fingerprint density at radius 2 is 2.10 bits per heavy atom. The molecule has 2 heterocycles. The smallest absolute Gasteiger partial charge is 0.258 e. The van der Waals surface area contributed by atoms with Crippen LogP contribution in [0.4, 0.5) is 0 Å². The Balaban J connectivity index is 0.00000220. The van der Waals surface area contributed by atoms with Crippen LogP contribution in [0, 0.1) is 0 Å². The van der Waals surface area contributed by atoms with Crippen molar-refractivity contribution in [1.29, 1.82) is 0 Å². The van der Waals surface area contributed by atoms with E-state index < -0.39 is 0 Å². The van der Waals surface area contributed by atoms with Crippen molar-refractivity contribution < 1.29 is 9.84 Å². The quantitative estimate of drug-likeness (QED) is 0.626. The monoisotopic (exact) mass is 335 g/mol. The summed E-state index contributed by atoms with van der Waals surface area (Å²) in [7, 11) is 0. The molecule has 1 fully saturated rings. The molecule has 1 aromatic rings. The second-order valence-corrected chi connectivity index (χ2v) is 6.15. The molecule has 0 unspecified atom stereocenters. The summed E-state index contributed by atoms with van der Waals surface area (Å²) in [6.45, 7) is 8.09. The Bertz CT molecular complexity index is 504. The fraction of sp³-hybridized carbons (Fsp3) is 0.692. The number of ether oxygens (including phenoxy) is 1. The first-order valence-electron chi connectivity index (χ1n) is 6.84. The second kappa shape index (κ2) is 8.63. The van der Waals surface area contributed by atoms with Crippen LogP contribution < -0.4 is 5.56 Å². The molecule has 120 valence electrons. The van der Waals surface area contributed by atoms with Gasteiger partial charge in [0.2, 0.25) is 5.88 Å². The van der Waals surface area contributed by atoms with Gasteiger partial charge in [-0.15, -0.1) is 12.4 Å². The first kappa shape index (κ1) is 18.3. The second-order valence-electron chi connectivity index (χ2n) is 5.07. The molecule has 0 amide bonds. The lowest BCUT2D eigenvalue weighted by Gasteiger charge is -2.26. The topological polar surface area (TPSA) is 78.5 Å². The molecule has 0 aliphatic carbocycles. The largest absolute Gasteiger partial charge is 0.493 e. The summed E-state index contributed by atoms with van der Waals surface area (Å²) in [5, 5.41) is 10.3. The van der Waals surface area contributed by atoms with E-state index in [0.29, 0.717) is 10.7 Å². The third-order valence-electron chi connectivity index (χ3n) is 3.24. The van der Waals surface area contributed by atoms with E-state index in [4.69, 9.17) is 4.74 Å². The van der Waals surface area contributed by atoms with Crippen molar-refractivity contribution in [3.05, 3.63) is 15.9 Å². The lowest BCUT2D eigenvalue weighted by atomic mass is 10.1. The Hall–Kier alpha value is -0.760. The first-order chi connectivity index (χ1) is 9.58. The molecule has 1 aliphatic rings. The summed E-state index contributed by atoms with van der Waals surface area (Å²) in [4.78, 5) is 21.0. The number of hydrogen-bond donors (Lipinski definition) is 2. The van der Waals surface area contributed by atoms with Crippen molar-refractivity contribution >= 4 is 24.2 Å². The molecule has 0 saturated carbocycles. The Labute approximate surface area is 134 Å². The van der Waals surface area contributed by atoms with Gasteiger partial charge in [-0.1, -0.05) is 25.6 Å². The lowest BCUT2D eigenvalue weighted by molar-refractivity contribution is 0.0410. The van der Waals surface area contributed by atoms with E-state index in [-0.39, 0.29) is 29.8 Å². The Morgan fingerprint density at radius 1 is 1.43 bits per heavy atom. The number of hydrogen-bond acceptors (Lipinski definition) is 6. The number of aromatic nitrogens is 2. The minimum absolute atomic E-state index is 0. The molecule has 2 N–H and O–H groups in total. The third-order valence-corrected chi connectivity index (χ3v) is 4.09. The fourth-order valence-electron chi connectivity index (χ4n) is 2.14. The van der Waals surface area contributed by atoms with Gasteiger partial charge in [0.25, 0.3) is 5.56 Å². The Kier molecular flexibility index (Phi) is 7.51. The maximum atomic E-state index is 11.9. The normalized spacial score (nSPS) is 16.0. The first-order valence-corrected chi connectivity index (χ1v) is 7.82. The molecule has 1 aliphatic heterocycles. The summed E-state index contributed by atoms with van der Waals surface area (Å²) in [6, 6.07) is 0. The van der Waals surface area contributed by atoms with Crippen LogP contribution in [0.1, 0.15) is 25.3 Å². The van der Waals surface area contributed by atoms with E-state index in [1.54, 1.807) is 0 Å². The van der Waals surface area contributed by atoms with Gasteiger partial charge in [0.1, 0.15) is 0 Å². The molecule has 2 rings (SSSR count). The average molecular weight is 336 g/mol. The summed E-state index contributed by atoms with van der Waals surface area (Å²) >= 11 is 1.45. The SMILES string of the molecule is CC(C)c1c(O)nc(SCCN2CCOCC2)[nH]c1=O.Cl. The molecular weight excluding hydrogens is 314 g/mol. The van der Waals surface area contributed by atoms with Crippen LogP contribution in [0.25, 0.3) is 0 Å². The highest BCUT2D eigenvalue weighted by Crippen LogP contribution is 2.21. The summed E-state index contributed by atoms with van der Waals surface area (Å²) < 4.78 is 5.29. The highest BCUT2D eigenvalue weighted by atomic mass is 35.5. The van der Waals surface area contributed by atoms with Crippen LogP contribution in [0.5, 0.6) is 5.88 Å². The molecule has 0 radical (unpaired) electrons. The van der Waals surface area contributed by atoms with Gasteiger partial charge in [0, 0.05) is 25.4 Å². The minimum Gasteiger partial charge on any atom is -0.493 e. The van der Waals surface area contributed by atoms with Crippen molar-refractivity contribution in [3.8, 4) is 5.88 Å². The average Bonchev–Trinajstić information content (AvgIpc) is 2.38. The number of H-pyrrole nitrogens is 1. The number of thioether (sulfide) groups is 1. The summed E-state index contributed by atoms with van der Waals surface area (Å²) in [5.41, 5.74) is 0.101. The van der Waals surface area contributed by atoms with E-state index in [2.05, 4.69) is 14.9 Å². The highest BCUT2D eigenvalue weighted by molar-refractivity contribution is 7.99. The molecule has 6 nitrogen and oxygen atoms in total. The van der Waals surface area contributed by atoms with Crippen molar-refractivity contribution in [2.24, 2.45) is 0 Å². The number of morpholine rings is 1. The van der Waals surface area contributed by atoms with Gasteiger partial charge in [-0.05, 0) is 5.92 Å². The van der Waals surface area contributed by atoms with Crippen molar-refractivity contribution in [1.82, 2.24) is 14.9 Å². The summed E-state index contributed by atoms with van der Waals surface area (Å²) in [5.74, 6) is 0.625. The van der Waals surface area contributed by atoms with Gasteiger partial charge in [-0.2, -0.15) is 4.98 Å². The molecule has 1 saturated heterocycles. The van der Waals surface area contributed by atoms with Gasteiger partial charge in [0.05, 0.1) is 18.8 Å². The van der Waals surface area contributed by atoms with Crippen molar-refractivity contribution in [2.45, 2.75) is 24.9 Å². The van der Waals surface area contributed by atoms with Gasteiger partial charge >= 0.3 is 0 Å².